The number of carbonyl (C=O) groups is 1. The number of aliphatic hydroxyl groups is 1. The normalized spacial score (nSPS) is 26.1. The lowest BCUT2D eigenvalue weighted by Gasteiger charge is -2.57. The molecule has 9 heteroatoms. The summed E-state index contributed by atoms with van der Waals surface area (Å²) in [5.74, 6) is -0.0327. The lowest BCUT2D eigenvalue weighted by molar-refractivity contribution is -0.966. The molecule has 0 spiro atoms. The van der Waals surface area contributed by atoms with Gasteiger partial charge < -0.3 is 14.9 Å². The van der Waals surface area contributed by atoms with Crippen LogP contribution < -0.4 is 5.32 Å². The number of benzene rings is 2. The number of carbonyl (C=O) groups excluding carboxylic acids is 1. The summed E-state index contributed by atoms with van der Waals surface area (Å²) in [6.45, 7) is 5.17. The molecule has 0 radical (unpaired) electrons. The monoisotopic (exact) mass is 530 g/mol. The number of pyridine rings is 1. The van der Waals surface area contributed by atoms with Crippen LogP contribution in [0.25, 0.3) is 10.9 Å². The standard InChI is InChI=1S/C28H27ClF3N3O2/c1-2-17-15-35(16-26(36)34-24-8-7-19(29)14-22(24)28(30,31)32)12-10-18(17)13-25(35)27(37)21-9-11-33-23-6-4-3-5-20(21)23/h2-9,11,14,17-18,25,27,37H,1,10,12-13,15-16H2/p+1/t17?,18?,25?,27?,35-/m0/s1. The molecule has 1 aromatic heterocycles. The van der Waals surface area contributed by atoms with Gasteiger partial charge in [-0.3, -0.25) is 9.78 Å². The summed E-state index contributed by atoms with van der Waals surface area (Å²) in [6, 6.07) is 12.4. The Hall–Kier alpha value is -2.94. The molecule has 5 atom stereocenters. The number of aromatic nitrogens is 1. The van der Waals surface area contributed by atoms with Gasteiger partial charge in [0.05, 0.1) is 29.9 Å². The van der Waals surface area contributed by atoms with Gasteiger partial charge >= 0.3 is 6.18 Å². The van der Waals surface area contributed by atoms with Gasteiger partial charge in [-0.15, -0.1) is 6.58 Å². The van der Waals surface area contributed by atoms with Crippen LogP contribution in [0.2, 0.25) is 5.02 Å². The first-order valence-corrected chi connectivity index (χ1v) is 12.7. The fourth-order valence-electron chi connectivity index (χ4n) is 6.30. The van der Waals surface area contributed by atoms with Crippen LogP contribution in [-0.2, 0) is 11.0 Å². The van der Waals surface area contributed by atoms with Crippen molar-refractivity contribution in [2.45, 2.75) is 31.2 Å². The van der Waals surface area contributed by atoms with Crippen molar-refractivity contribution in [3.05, 3.63) is 83.5 Å². The highest BCUT2D eigenvalue weighted by atomic mass is 35.5. The minimum atomic E-state index is -4.67. The van der Waals surface area contributed by atoms with E-state index in [1.54, 1.807) is 12.3 Å². The number of amides is 1. The number of fused-ring (bicyclic) bond motifs is 4. The van der Waals surface area contributed by atoms with Gasteiger partial charge in [-0.05, 0) is 41.8 Å². The summed E-state index contributed by atoms with van der Waals surface area (Å²) >= 11 is 5.79. The largest absolute Gasteiger partial charge is 0.418 e. The van der Waals surface area contributed by atoms with E-state index in [2.05, 4.69) is 16.9 Å². The molecular weight excluding hydrogens is 503 g/mol. The Bertz CT molecular complexity index is 1340. The summed E-state index contributed by atoms with van der Waals surface area (Å²) in [6.07, 6.45) is -0.412. The molecule has 0 aliphatic carbocycles. The van der Waals surface area contributed by atoms with E-state index in [0.717, 1.165) is 29.0 Å². The summed E-state index contributed by atoms with van der Waals surface area (Å²) in [5, 5.41) is 15.0. The van der Waals surface area contributed by atoms with Gasteiger partial charge in [0.2, 0.25) is 0 Å². The molecule has 194 valence electrons. The lowest BCUT2D eigenvalue weighted by Crippen LogP contribution is -2.69. The number of alkyl halides is 3. The fourth-order valence-corrected chi connectivity index (χ4v) is 6.47. The number of piperidine rings is 3. The van der Waals surface area contributed by atoms with Gasteiger partial charge in [-0.1, -0.05) is 35.9 Å². The molecule has 3 aromatic rings. The molecule has 37 heavy (non-hydrogen) atoms. The number of hydrogen-bond donors (Lipinski definition) is 2. The highest BCUT2D eigenvalue weighted by Gasteiger charge is 2.54. The molecular formula is C28H28ClF3N3O2+. The first kappa shape index (κ1) is 25.7. The SMILES string of the molecule is C=CC1C[N@+]2(CC(=O)Nc3ccc(Cl)cc3C(F)(F)F)CCC1CC2C(O)c1ccnc2ccccc12. The third-order valence-corrected chi connectivity index (χ3v) is 8.30. The van der Waals surface area contributed by atoms with Crippen molar-refractivity contribution in [2.24, 2.45) is 11.8 Å². The molecule has 4 heterocycles. The van der Waals surface area contributed by atoms with Crippen molar-refractivity contribution in [3.63, 3.8) is 0 Å². The van der Waals surface area contributed by atoms with Gasteiger partial charge in [0.25, 0.3) is 5.91 Å². The van der Waals surface area contributed by atoms with Crippen molar-refractivity contribution in [1.82, 2.24) is 4.98 Å². The molecule has 6 rings (SSSR count). The Balaban J connectivity index is 1.47. The van der Waals surface area contributed by atoms with Gasteiger partial charge in [0.1, 0.15) is 12.1 Å². The molecule has 2 aromatic carbocycles. The maximum atomic E-state index is 13.6. The van der Waals surface area contributed by atoms with Gasteiger partial charge in [-0.25, -0.2) is 0 Å². The smallest absolute Gasteiger partial charge is 0.382 e. The minimum absolute atomic E-state index is 0.0538. The number of nitrogens with one attached hydrogen (secondary N) is 1. The van der Waals surface area contributed by atoms with Crippen LogP contribution in [0.3, 0.4) is 0 Å². The minimum Gasteiger partial charge on any atom is -0.382 e. The summed E-state index contributed by atoms with van der Waals surface area (Å²) < 4.78 is 41.1. The third-order valence-electron chi connectivity index (χ3n) is 8.06. The molecule has 3 aliphatic heterocycles. The zero-order valence-corrected chi connectivity index (χ0v) is 20.8. The van der Waals surface area contributed by atoms with Crippen LogP contribution in [-0.4, -0.2) is 46.2 Å². The van der Waals surface area contributed by atoms with E-state index in [1.807, 2.05) is 30.3 Å². The number of rotatable bonds is 6. The van der Waals surface area contributed by atoms with Crippen LogP contribution in [0.1, 0.15) is 30.1 Å². The molecule has 5 nitrogen and oxygen atoms in total. The Morgan fingerprint density at radius 2 is 2.05 bits per heavy atom. The van der Waals surface area contributed by atoms with E-state index in [9.17, 15) is 23.1 Å². The van der Waals surface area contributed by atoms with Crippen LogP contribution >= 0.6 is 11.6 Å². The van der Waals surface area contributed by atoms with Crippen LogP contribution in [0.4, 0.5) is 18.9 Å². The lowest BCUT2D eigenvalue weighted by atomic mass is 9.71. The van der Waals surface area contributed by atoms with Crippen molar-refractivity contribution in [3.8, 4) is 0 Å². The second kappa shape index (κ2) is 9.74. The zero-order chi connectivity index (χ0) is 26.4. The molecule has 1 amide bonds. The molecule has 2 bridgehead atoms. The van der Waals surface area contributed by atoms with Gasteiger partial charge in [0, 0.05) is 35.4 Å². The van der Waals surface area contributed by atoms with E-state index in [-0.39, 0.29) is 33.7 Å². The van der Waals surface area contributed by atoms with Crippen molar-refractivity contribution >= 4 is 34.1 Å². The van der Waals surface area contributed by atoms with Crippen molar-refractivity contribution in [1.29, 1.82) is 0 Å². The van der Waals surface area contributed by atoms with E-state index < -0.39 is 23.8 Å². The number of anilines is 1. The predicted octanol–water partition coefficient (Wildman–Crippen LogP) is 5.99. The number of halogens is 4. The van der Waals surface area contributed by atoms with Crippen LogP contribution in [0, 0.1) is 11.8 Å². The molecule has 3 fully saturated rings. The molecule has 4 unspecified atom stereocenters. The van der Waals surface area contributed by atoms with E-state index in [4.69, 9.17) is 11.6 Å². The number of aliphatic hydroxyl groups excluding tert-OH is 1. The first-order chi connectivity index (χ1) is 17.6. The average Bonchev–Trinajstić information content (AvgIpc) is 2.88. The van der Waals surface area contributed by atoms with Gasteiger partial charge in [0.15, 0.2) is 6.54 Å². The first-order valence-electron chi connectivity index (χ1n) is 12.3. The molecule has 3 aliphatic rings. The van der Waals surface area contributed by atoms with Crippen molar-refractivity contribution in [2.75, 3.05) is 25.0 Å². The van der Waals surface area contributed by atoms with E-state index in [0.29, 0.717) is 25.4 Å². The van der Waals surface area contributed by atoms with Gasteiger partial charge in [-0.2, -0.15) is 13.2 Å². The topological polar surface area (TPSA) is 62.2 Å². The maximum absolute atomic E-state index is 13.6. The molecule has 3 saturated heterocycles. The van der Waals surface area contributed by atoms with Crippen LogP contribution in [0.5, 0.6) is 0 Å². The number of nitrogens with zero attached hydrogens (tertiary/aromatic N) is 2. The molecule has 0 saturated carbocycles. The average molecular weight is 531 g/mol. The Kier molecular flexibility index (Phi) is 6.77. The highest BCUT2D eigenvalue weighted by Crippen LogP contribution is 2.47. The maximum Gasteiger partial charge on any atom is 0.418 e. The van der Waals surface area contributed by atoms with E-state index >= 15 is 0 Å². The van der Waals surface area contributed by atoms with E-state index in [1.165, 1.54) is 12.1 Å². The second-order valence-corrected chi connectivity index (χ2v) is 10.6. The quantitative estimate of drug-likeness (QED) is 0.304. The van der Waals surface area contributed by atoms with Crippen molar-refractivity contribution < 1.29 is 27.6 Å². The summed E-state index contributed by atoms with van der Waals surface area (Å²) in [4.78, 5) is 17.7. The Morgan fingerprint density at radius 1 is 1.27 bits per heavy atom. The number of quaternary nitrogens is 1. The zero-order valence-electron chi connectivity index (χ0n) is 20.1. The highest BCUT2D eigenvalue weighted by molar-refractivity contribution is 6.30. The molecule has 2 N–H and O–H groups in total. The summed E-state index contributed by atoms with van der Waals surface area (Å²) in [5.41, 5.74) is 0.193. The Morgan fingerprint density at radius 3 is 2.81 bits per heavy atom. The fraction of sp³-hybridized carbons (Fsp3) is 0.357. The predicted molar refractivity (Wildman–Crippen MR) is 137 cm³/mol. The van der Waals surface area contributed by atoms with Crippen LogP contribution in [0.15, 0.2) is 67.4 Å². The second-order valence-electron chi connectivity index (χ2n) is 10.1. The summed E-state index contributed by atoms with van der Waals surface area (Å²) in [7, 11) is 0. The third kappa shape index (κ3) is 4.85. The Labute approximate surface area is 218 Å². The number of hydrogen-bond acceptors (Lipinski definition) is 3. The number of para-hydroxylation sites is 1.